The van der Waals surface area contributed by atoms with E-state index in [1.165, 1.54) is 7.11 Å². The summed E-state index contributed by atoms with van der Waals surface area (Å²) in [5, 5.41) is 3.69. The van der Waals surface area contributed by atoms with Gasteiger partial charge in [0.1, 0.15) is 16.9 Å². The zero-order chi connectivity index (χ0) is 29.4. The topological polar surface area (TPSA) is 98.1 Å². The number of piperidine rings is 1. The zero-order valence-corrected chi connectivity index (χ0v) is 25.2. The third-order valence-corrected chi connectivity index (χ3v) is 8.31. The van der Waals surface area contributed by atoms with E-state index in [9.17, 15) is 14.4 Å². The Morgan fingerprint density at radius 2 is 1.93 bits per heavy atom. The number of aryl methyl sites for hydroxylation is 1. The van der Waals surface area contributed by atoms with E-state index in [2.05, 4.69) is 5.32 Å². The summed E-state index contributed by atoms with van der Waals surface area (Å²) in [6.07, 6.45) is 0.805. The molecule has 10 heteroatoms. The summed E-state index contributed by atoms with van der Waals surface area (Å²) in [5.41, 5.74) is -0.440. The maximum absolute atomic E-state index is 14.1. The van der Waals surface area contributed by atoms with Crippen LogP contribution < -0.4 is 5.32 Å². The maximum atomic E-state index is 14.1. The molecule has 8 nitrogen and oxygen atoms in total. The van der Waals surface area contributed by atoms with Crippen molar-refractivity contribution in [2.24, 2.45) is 16.7 Å². The summed E-state index contributed by atoms with van der Waals surface area (Å²) in [4.78, 5) is 42.3. The van der Waals surface area contributed by atoms with Gasteiger partial charge < -0.3 is 24.1 Å². The number of halogens is 2. The molecule has 2 amide bonds. The van der Waals surface area contributed by atoms with Gasteiger partial charge in [-0.1, -0.05) is 50.0 Å². The molecule has 3 heterocycles. The fourth-order valence-electron chi connectivity index (χ4n) is 5.49. The van der Waals surface area contributed by atoms with Gasteiger partial charge in [-0.2, -0.15) is 0 Å². The number of amides is 2. The minimum atomic E-state index is -1.30. The standard InChI is InChI=1S/C30H36Cl2N2O6/c1-17-7-10-22(39-17)15-33-26(35)11-20-14-30(28(37)38-6)18(2)40-25(29(3,4)5)13-24(30)34(27(20)36)16-19-8-9-21(31)12-23(19)32/h7-10,12-13,18,20,25H,11,14-16H2,1-6H3,(H,33,35)/t18-,20+,25-,30+/m1/s1. The quantitative estimate of drug-likeness (QED) is 0.407. The molecule has 1 N–H and O–H groups in total. The number of likely N-dealkylation sites (tertiary alicyclic amines) is 1. The molecule has 0 radical (unpaired) electrons. The molecular weight excluding hydrogens is 555 g/mol. The highest BCUT2D eigenvalue weighted by Gasteiger charge is 2.60. The summed E-state index contributed by atoms with van der Waals surface area (Å²) < 4.78 is 17.3. The van der Waals surface area contributed by atoms with Crippen molar-refractivity contribution in [1.29, 1.82) is 0 Å². The van der Waals surface area contributed by atoms with Crippen LogP contribution in [0.1, 0.15) is 57.6 Å². The van der Waals surface area contributed by atoms with Gasteiger partial charge in [-0.25, -0.2) is 0 Å². The fraction of sp³-hybridized carbons (Fsp3) is 0.500. The van der Waals surface area contributed by atoms with E-state index in [1.54, 1.807) is 29.2 Å². The molecule has 40 heavy (non-hydrogen) atoms. The molecule has 1 fully saturated rings. The number of fused-ring (bicyclic) bond motifs is 1. The maximum Gasteiger partial charge on any atom is 0.320 e. The number of carbonyl (C=O) groups is 3. The highest BCUT2D eigenvalue weighted by atomic mass is 35.5. The van der Waals surface area contributed by atoms with Crippen molar-refractivity contribution < 1.29 is 28.3 Å². The van der Waals surface area contributed by atoms with Crippen molar-refractivity contribution in [3.63, 3.8) is 0 Å². The predicted molar refractivity (Wildman–Crippen MR) is 151 cm³/mol. The van der Waals surface area contributed by atoms with E-state index in [0.717, 1.165) is 5.76 Å². The molecule has 0 unspecified atom stereocenters. The predicted octanol–water partition coefficient (Wildman–Crippen LogP) is 5.83. The zero-order valence-electron chi connectivity index (χ0n) is 23.7. The first-order valence-electron chi connectivity index (χ1n) is 13.3. The Hall–Kier alpha value is -2.81. The number of methoxy groups -OCH3 is 1. The van der Waals surface area contributed by atoms with E-state index < -0.39 is 23.4 Å². The van der Waals surface area contributed by atoms with Crippen molar-refractivity contribution in [3.05, 3.63) is 69.2 Å². The van der Waals surface area contributed by atoms with Gasteiger partial charge in [0.15, 0.2) is 0 Å². The highest BCUT2D eigenvalue weighted by Crippen LogP contribution is 2.52. The Balaban J connectivity index is 1.74. The number of benzene rings is 1. The van der Waals surface area contributed by atoms with Gasteiger partial charge in [-0.15, -0.1) is 0 Å². The molecular formula is C30H36Cl2N2O6. The summed E-state index contributed by atoms with van der Waals surface area (Å²) in [6, 6.07) is 8.67. The molecule has 4 rings (SSSR count). The summed E-state index contributed by atoms with van der Waals surface area (Å²) in [6.45, 7) is 10.0. The average molecular weight is 592 g/mol. The molecule has 1 saturated heterocycles. The van der Waals surface area contributed by atoms with Crippen molar-refractivity contribution in [3.8, 4) is 0 Å². The number of nitrogens with zero attached hydrogens (tertiary/aromatic N) is 1. The van der Waals surface area contributed by atoms with Crippen molar-refractivity contribution in [2.45, 2.75) is 72.8 Å². The van der Waals surface area contributed by atoms with Gasteiger partial charge in [0, 0.05) is 28.1 Å². The van der Waals surface area contributed by atoms with Gasteiger partial charge in [0.2, 0.25) is 11.8 Å². The van der Waals surface area contributed by atoms with Crippen LogP contribution in [0.15, 0.2) is 46.5 Å². The van der Waals surface area contributed by atoms with Crippen LogP contribution >= 0.6 is 23.2 Å². The van der Waals surface area contributed by atoms with Crippen LogP contribution in [0.4, 0.5) is 0 Å². The number of hydrogen-bond acceptors (Lipinski definition) is 6. The second kappa shape index (κ2) is 11.6. The number of rotatable bonds is 7. The van der Waals surface area contributed by atoms with Crippen LogP contribution in [-0.4, -0.2) is 42.0 Å². The van der Waals surface area contributed by atoms with E-state index in [4.69, 9.17) is 37.1 Å². The molecule has 1 aromatic heterocycles. The highest BCUT2D eigenvalue weighted by molar-refractivity contribution is 6.35. The van der Waals surface area contributed by atoms with Crippen molar-refractivity contribution in [2.75, 3.05) is 7.11 Å². The van der Waals surface area contributed by atoms with E-state index in [-0.39, 0.29) is 49.3 Å². The van der Waals surface area contributed by atoms with Crippen LogP contribution in [-0.2, 0) is 36.9 Å². The minimum Gasteiger partial charge on any atom is -0.468 e. The Morgan fingerprint density at radius 1 is 1.20 bits per heavy atom. The number of furan rings is 1. The molecule has 2 aliphatic rings. The Labute approximate surface area is 245 Å². The Kier molecular flexibility index (Phi) is 8.74. The van der Waals surface area contributed by atoms with E-state index in [0.29, 0.717) is 27.1 Å². The smallest absolute Gasteiger partial charge is 0.320 e. The lowest BCUT2D eigenvalue weighted by molar-refractivity contribution is -0.180. The lowest BCUT2D eigenvalue weighted by Crippen LogP contribution is -2.61. The third-order valence-electron chi connectivity index (χ3n) is 7.72. The number of ether oxygens (including phenoxy) is 2. The van der Waals surface area contributed by atoms with Crippen LogP contribution in [0.2, 0.25) is 10.0 Å². The fourth-order valence-corrected chi connectivity index (χ4v) is 5.96. The Morgan fingerprint density at radius 3 is 2.52 bits per heavy atom. The lowest BCUT2D eigenvalue weighted by Gasteiger charge is -2.53. The first-order valence-corrected chi connectivity index (χ1v) is 14.1. The van der Waals surface area contributed by atoms with Crippen molar-refractivity contribution >= 4 is 41.0 Å². The van der Waals surface area contributed by atoms with Gasteiger partial charge in [0.05, 0.1) is 32.4 Å². The minimum absolute atomic E-state index is 0.0699. The molecule has 1 aromatic carbocycles. The Bertz CT molecular complexity index is 1330. The van der Waals surface area contributed by atoms with Crippen LogP contribution in [0.25, 0.3) is 0 Å². The molecule has 0 spiro atoms. The van der Waals surface area contributed by atoms with Gasteiger partial charge in [-0.3, -0.25) is 14.4 Å². The molecule has 2 aliphatic heterocycles. The van der Waals surface area contributed by atoms with E-state index in [1.807, 2.05) is 46.8 Å². The SMILES string of the molecule is COC(=O)[C@]12C[C@H](CC(=O)NCc3ccc(C)o3)C(=O)N(Cc3ccc(Cl)cc3Cl)C1=C[C@H](C(C)(C)C)O[C@@H]2C. The molecule has 2 aromatic rings. The number of hydrogen-bond donors (Lipinski definition) is 1. The number of nitrogens with one attached hydrogen (secondary N) is 1. The molecule has 0 aliphatic carbocycles. The monoisotopic (exact) mass is 590 g/mol. The molecule has 4 atom stereocenters. The number of esters is 1. The first kappa shape index (κ1) is 30.2. The van der Waals surface area contributed by atoms with Crippen molar-refractivity contribution in [1.82, 2.24) is 10.2 Å². The van der Waals surface area contributed by atoms with Gasteiger partial charge in [0.25, 0.3) is 0 Å². The van der Waals surface area contributed by atoms with Crippen LogP contribution in [0.3, 0.4) is 0 Å². The molecule has 0 saturated carbocycles. The second-order valence-electron chi connectivity index (χ2n) is 11.6. The largest absolute Gasteiger partial charge is 0.468 e. The first-order chi connectivity index (χ1) is 18.8. The number of carbonyl (C=O) groups excluding carboxylic acids is 3. The summed E-state index contributed by atoms with van der Waals surface area (Å²) in [7, 11) is 1.32. The van der Waals surface area contributed by atoms with Gasteiger partial charge >= 0.3 is 5.97 Å². The van der Waals surface area contributed by atoms with Crippen LogP contribution in [0, 0.1) is 23.7 Å². The van der Waals surface area contributed by atoms with E-state index >= 15 is 0 Å². The normalized spacial score (nSPS) is 24.8. The third kappa shape index (κ3) is 5.94. The molecule has 0 bridgehead atoms. The van der Waals surface area contributed by atoms with Crippen LogP contribution in [0.5, 0.6) is 0 Å². The lowest BCUT2D eigenvalue weighted by atomic mass is 9.65. The molecule has 216 valence electrons. The van der Waals surface area contributed by atoms with Gasteiger partial charge in [-0.05, 0) is 61.6 Å². The summed E-state index contributed by atoms with van der Waals surface area (Å²) in [5.74, 6) is -0.586. The summed E-state index contributed by atoms with van der Waals surface area (Å²) >= 11 is 12.6. The second-order valence-corrected chi connectivity index (χ2v) is 12.5. The average Bonchev–Trinajstić information content (AvgIpc) is 3.30.